The highest BCUT2D eigenvalue weighted by Crippen LogP contribution is 2.42. The Kier molecular flexibility index (Phi) is 8.13. The summed E-state index contributed by atoms with van der Waals surface area (Å²) in [7, 11) is -3.73. The summed E-state index contributed by atoms with van der Waals surface area (Å²) in [6, 6.07) is 13.3. The summed E-state index contributed by atoms with van der Waals surface area (Å²) < 4.78 is 38.7. The van der Waals surface area contributed by atoms with Crippen molar-refractivity contribution in [2.45, 2.75) is 71.1 Å². The number of rotatable bonds is 10. The zero-order chi connectivity index (χ0) is 24.9. The summed E-state index contributed by atoms with van der Waals surface area (Å²) in [4.78, 5) is 13.6. The van der Waals surface area contributed by atoms with Crippen molar-refractivity contribution in [1.82, 2.24) is 5.32 Å². The normalized spacial score (nSPS) is 17.7. The lowest BCUT2D eigenvalue weighted by Crippen LogP contribution is -2.52. The van der Waals surface area contributed by atoms with Gasteiger partial charge >= 0.3 is 0 Å². The Labute approximate surface area is 203 Å². The second-order valence-electron chi connectivity index (χ2n) is 8.71. The third-order valence-corrected chi connectivity index (χ3v) is 7.71. The number of fused-ring (bicyclic) bond motifs is 1. The molecular weight excluding hydrogens is 452 g/mol. The van der Waals surface area contributed by atoms with Gasteiger partial charge in [-0.05, 0) is 56.5 Å². The van der Waals surface area contributed by atoms with E-state index in [2.05, 4.69) is 19.2 Å². The fourth-order valence-electron chi connectivity index (χ4n) is 4.61. The van der Waals surface area contributed by atoms with Crippen molar-refractivity contribution in [3.63, 3.8) is 0 Å². The number of hydrogen-bond acceptors (Lipinski definition) is 5. The summed E-state index contributed by atoms with van der Waals surface area (Å²) >= 11 is 0. The van der Waals surface area contributed by atoms with Crippen molar-refractivity contribution in [1.29, 1.82) is 0 Å². The molecule has 0 unspecified atom stereocenters. The molecule has 0 saturated heterocycles. The van der Waals surface area contributed by atoms with Crippen molar-refractivity contribution < 1.29 is 22.7 Å². The number of nitrogens with one attached hydrogen (secondary N) is 1. The zero-order valence-corrected chi connectivity index (χ0v) is 21.5. The molecule has 7 nitrogen and oxygen atoms in total. The summed E-state index contributed by atoms with van der Waals surface area (Å²) in [6.07, 6.45) is 3.69. The molecule has 0 spiro atoms. The van der Waals surface area contributed by atoms with Crippen LogP contribution in [0.3, 0.4) is 0 Å². The first-order valence-electron chi connectivity index (χ1n) is 12.0. The van der Waals surface area contributed by atoms with E-state index in [1.807, 2.05) is 38.1 Å². The fourth-order valence-corrected chi connectivity index (χ4v) is 5.83. The van der Waals surface area contributed by atoms with Crippen molar-refractivity contribution in [2.75, 3.05) is 17.2 Å². The van der Waals surface area contributed by atoms with Crippen LogP contribution >= 0.6 is 0 Å². The monoisotopic (exact) mass is 488 g/mol. The SMILES string of the molecule is CCOc1ccc(N([C@@H](CC)C(=O)N[C@@H]2CC(CC)(CC)Oc3ccccc32)S(C)(=O)=O)cc1. The number of hydrogen-bond donors (Lipinski definition) is 1. The third kappa shape index (κ3) is 5.49. The van der Waals surface area contributed by atoms with Gasteiger partial charge in [0.2, 0.25) is 15.9 Å². The van der Waals surface area contributed by atoms with Crippen LogP contribution < -0.4 is 19.1 Å². The molecule has 1 aliphatic rings. The molecule has 186 valence electrons. The Morgan fingerprint density at radius 3 is 2.32 bits per heavy atom. The largest absolute Gasteiger partial charge is 0.494 e. The standard InChI is InChI=1S/C26H36N2O5S/c1-6-23(28(34(5,30)31)19-14-16-20(17-15-19)32-9-4)25(29)27-22-18-26(7-2,8-3)33-24-13-11-10-12-21(22)24/h10-17,22-23H,6-9,18H2,1-5H3,(H,27,29)/t22-,23+/m1/s1. The van der Waals surface area contributed by atoms with Gasteiger partial charge in [-0.3, -0.25) is 9.10 Å². The number of amides is 1. The molecule has 0 radical (unpaired) electrons. The van der Waals surface area contributed by atoms with E-state index in [1.165, 1.54) is 4.31 Å². The molecule has 8 heteroatoms. The lowest BCUT2D eigenvalue weighted by Gasteiger charge is -2.42. The van der Waals surface area contributed by atoms with Crippen LogP contribution in [0.2, 0.25) is 0 Å². The number of ether oxygens (including phenoxy) is 2. The van der Waals surface area contributed by atoms with Crippen LogP contribution in [0.15, 0.2) is 48.5 Å². The highest BCUT2D eigenvalue weighted by atomic mass is 32.2. The minimum atomic E-state index is -3.73. The molecule has 0 saturated carbocycles. The molecule has 2 aromatic rings. The quantitative estimate of drug-likeness (QED) is 0.518. The molecule has 2 aromatic carbocycles. The highest BCUT2D eigenvalue weighted by Gasteiger charge is 2.40. The van der Waals surface area contributed by atoms with E-state index < -0.39 is 16.1 Å². The van der Waals surface area contributed by atoms with Gasteiger partial charge in [-0.1, -0.05) is 39.0 Å². The van der Waals surface area contributed by atoms with Crippen molar-refractivity contribution in [3.8, 4) is 11.5 Å². The van der Waals surface area contributed by atoms with Crippen molar-refractivity contribution in [3.05, 3.63) is 54.1 Å². The van der Waals surface area contributed by atoms with Crippen LogP contribution in [0.5, 0.6) is 11.5 Å². The van der Waals surface area contributed by atoms with E-state index in [-0.39, 0.29) is 17.6 Å². The van der Waals surface area contributed by atoms with Gasteiger partial charge in [0.25, 0.3) is 0 Å². The van der Waals surface area contributed by atoms with Gasteiger partial charge in [0, 0.05) is 12.0 Å². The van der Waals surface area contributed by atoms with E-state index in [0.717, 1.165) is 30.4 Å². The lowest BCUT2D eigenvalue weighted by molar-refractivity contribution is -0.123. The number of carbonyl (C=O) groups is 1. The minimum absolute atomic E-state index is 0.270. The fraction of sp³-hybridized carbons (Fsp3) is 0.500. The molecule has 0 fully saturated rings. The van der Waals surface area contributed by atoms with E-state index in [4.69, 9.17) is 9.47 Å². The Hall–Kier alpha value is -2.74. The maximum atomic E-state index is 13.6. The van der Waals surface area contributed by atoms with Gasteiger partial charge < -0.3 is 14.8 Å². The Balaban J connectivity index is 1.92. The van der Waals surface area contributed by atoms with Crippen LogP contribution in [-0.4, -0.2) is 38.8 Å². The van der Waals surface area contributed by atoms with Gasteiger partial charge in [-0.25, -0.2) is 8.42 Å². The van der Waals surface area contributed by atoms with Gasteiger partial charge in [0.1, 0.15) is 23.1 Å². The third-order valence-electron chi connectivity index (χ3n) is 6.53. The minimum Gasteiger partial charge on any atom is -0.494 e. The maximum absolute atomic E-state index is 13.6. The molecule has 1 heterocycles. The maximum Gasteiger partial charge on any atom is 0.244 e. The Morgan fingerprint density at radius 1 is 1.12 bits per heavy atom. The first-order chi connectivity index (χ1) is 16.2. The van der Waals surface area contributed by atoms with E-state index in [9.17, 15) is 13.2 Å². The summed E-state index contributed by atoms with van der Waals surface area (Å²) in [5.74, 6) is 1.08. The number of sulfonamides is 1. The molecule has 0 aromatic heterocycles. The first-order valence-corrected chi connectivity index (χ1v) is 13.8. The van der Waals surface area contributed by atoms with E-state index in [0.29, 0.717) is 30.9 Å². The van der Waals surface area contributed by atoms with E-state index in [1.54, 1.807) is 24.3 Å². The topological polar surface area (TPSA) is 84.9 Å². The second-order valence-corrected chi connectivity index (χ2v) is 10.6. The summed E-state index contributed by atoms with van der Waals surface area (Å²) in [6.45, 7) is 8.38. The molecule has 1 aliphatic heterocycles. The lowest BCUT2D eigenvalue weighted by atomic mass is 9.83. The predicted octanol–water partition coefficient (Wildman–Crippen LogP) is 4.83. The van der Waals surface area contributed by atoms with Gasteiger partial charge in [0.15, 0.2) is 0 Å². The van der Waals surface area contributed by atoms with Crippen LogP contribution in [0.25, 0.3) is 0 Å². The van der Waals surface area contributed by atoms with Crippen molar-refractivity contribution in [2.24, 2.45) is 0 Å². The van der Waals surface area contributed by atoms with Crippen LogP contribution in [0.1, 0.15) is 65.0 Å². The summed E-state index contributed by atoms with van der Waals surface area (Å²) in [5, 5.41) is 3.15. The predicted molar refractivity (Wildman–Crippen MR) is 135 cm³/mol. The molecule has 3 rings (SSSR count). The molecule has 1 amide bonds. The average molecular weight is 489 g/mol. The number of para-hydroxylation sites is 1. The first kappa shape index (κ1) is 25.9. The highest BCUT2D eigenvalue weighted by molar-refractivity contribution is 7.92. The van der Waals surface area contributed by atoms with Crippen LogP contribution in [0, 0.1) is 0 Å². The summed E-state index contributed by atoms with van der Waals surface area (Å²) in [5.41, 5.74) is 0.964. The second kappa shape index (κ2) is 10.7. The van der Waals surface area contributed by atoms with Gasteiger partial charge in [-0.15, -0.1) is 0 Å². The number of carbonyl (C=O) groups excluding carboxylic acids is 1. The zero-order valence-electron chi connectivity index (χ0n) is 20.7. The molecule has 2 atom stereocenters. The average Bonchev–Trinajstić information content (AvgIpc) is 2.82. The number of nitrogens with zero attached hydrogens (tertiary/aromatic N) is 1. The number of benzene rings is 2. The molecule has 1 N–H and O–H groups in total. The molecule has 34 heavy (non-hydrogen) atoms. The molecule has 0 bridgehead atoms. The van der Waals surface area contributed by atoms with Crippen LogP contribution in [0.4, 0.5) is 5.69 Å². The smallest absolute Gasteiger partial charge is 0.244 e. The Bertz CT molecular complexity index is 1080. The molecular formula is C26H36N2O5S. The van der Waals surface area contributed by atoms with E-state index >= 15 is 0 Å². The van der Waals surface area contributed by atoms with Gasteiger partial charge in [-0.2, -0.15) is 0 Å². The Morgan fingerprint density at radius 2 is 1.76 bits per heavy atom. The van der Waals surface area contributed by atoms with Gasteiger partial charge in [0.05, 0.1) is 24.6 Å². The number of anilines is 1. The molecule has 0 aliphatic carbocycles. The van der Waals surface area contributed by atoms with Crippen LogP contribution in [-0.2, 0) is 14.8 Å². The van der Waals surface area contributed by atoms with Crippen molar-refractivity contribution >= 4 is 21.6 Å².